The molecule has 0 unspecified atom stereocenters. The molecule has 0 fully saturated rings. The van der Waals surface area contributed by atoms with E-state index in [0.717, 1.165) is 17.8 Å². The van der Waals surface area contributed by atoms with E-state index in [0.29, 0.717) is 33.2 Å². The number of pyridine rings is 2. The molecule has 0 bridgehead atoms. The van der Waals surface area contributed by atoms with Crippen LogP contribution in [0.5, 0.6) is 0 Å². The van der Waals surface area contributed by atoms with Crippen molar-refractivity contribution in [1.29, 1.82) is 0 Å². The lowest BCUT2D eigenvalue weighted by Gasteiger charge is -2.15. The Hall–Kier alpha value is -4.64. The van der Waals surface area contributed by atoms with Gasteiger partial charge >= 0.3 is 6.18 Å². The van der Waals surface area contributed by atoms with E-state index in [1.54, 1.807) is 48.7 Å². The van der Waals surface area contributed by atoms with Crippen LogP contribution in [0.15, 0.2) is 89.9 Å². The highest BCUT2D eigenvalue weighted by Crippen LogP contribution is 2.32. The van der Waals surface area contributed by atoms with Crippen molar-refractivity contribution in [3.8, 4) is 5.69 Å². The maximum absolute atomic E-state index is 13.3. The highest BCUT2D eigenvalue weighted by Gasteiger charge is 2.30. The molecule has 2 heterocycles. The van der Waals surface area contributed by atoms with Gasteiger partial charge in [-0.25, -0.2) is 4.85 Å². The lowest BCUT2D eigenvalue weighted by atomic mass is 10.1. The Kier molecular flexibility index (Phi) is 5.02. The monoisotopic (exact) mass is 456 g/mol. The SMILES string of the molecule is [C-]#[N+]c1ccc(Nc2ccc3ncc4ccc(=O)n(-c5cccc(C(F)(F)F)c5)c4c3c2)cc1. The number of hydrogen-bond donors (Lipinski definition) is 1. The molecule has 0 atom stereocenters. The molecule has 5 nitrogen and oxygen atoms in total. The molecule has 5 aromatic rings. The molecule has 34 heavy (non-hydrogen) atoms. The Labute approximate surface area is 191 Å². The van der Waals surface area contributed by atoms with Gasteiger partial charge in [0, 0.05) is 40.1 Å². The first-order chi connectivity index (χ1) is 16.3. The number of alkyl halides is 3. The average molecular weight is 456 g/mol. The van der Waals surface area contributed by atoms with E-state index in [9.17, 15) is 18.0 Å². The fourth-order valence-electron chi connectivity index (χ4n) is 3.85. The molecular weight excluding hydrogens is 441 g/mol. The minimum absolute atomic E-state index is 0.117. The number of fused-ring (bicyclic) bond motifs is 3. The van der Waals surface area contributed by atoms with Crippen molar-refractivity contribution in [3.63, 3.8) is 0 Å². The van der Waals surface area contributed by atoms with Crippen LogP contribution in [-0.2, 0) is 6.18 Å². The van der Waals surface area contributed by atoms with Gasteiger partial charge in [0.2, 0.25) is 0 Å². The maximum atomic E-state index is 13.3. The number of halogens is 3. The summed E-state index contributed by atoms with van der Waals surface area (Å²) in [4.78, 5) is 20.7. The Morgan fingerprint density at radius 1 is 0.912 bits per heavy atom. The molecular formula is C26H15F3N4O. The maximum Gasteiger partial charge on any atom is 0.416 e. The zero-order chi connectivity index (χ0) is 23.9. The van der Waals surface area contributed by atoms with Crippen LogP contribution in [0.1, 0.15) is 5.56 Å². The van der Waals surface area contributed by atoms with Gasteiger partial charge in [0.1, 0.15) is 0 Å². The molecule has 0 saturated heterocycles. The fourth-order valence-corrected chi connectivity index (χ4v) is 3.85. The topological polar surface area (TPSA) is 51.3 Å². The van der Waals surface area contributed by atoms with Crippen LogP contribution >= 0.6 is 0 Å². The first kappa shape index (κ1) is 21.2. The summed E-state index contributed by atoms with van der Waals surface area (Å²) in [5.74, 6) is 0. The van der Waals surface area contributed by atoms with Crippen molar-refractivity contribution >= 4 is 38.9 Å². The van der Waals surface area contributed by atoms with E-state index in [1.165, 1.54) is 22.8 Å². The summed E-state index contributed by atoms with van der Waals surface area (Å²) in [7, 11) is 0. The van der Waals surface area contributed by atoms with Gasteiger partial charge in [-0.2, -0.15) is 13.2 Å². The average Bonchev–Trinajstić information content (AvgIpc) is 2.84. The Morgan fingerprint density at radius 2 is 1.68 bits per heavy atom. The van der Waals surface area contributed by atoms with Crippen LogP contribution in [0, 0.1) is 6.57 Å². The summed E-state index contributed by atoms with van der Waals surface area (Å²) in [6.07, 6.45) is -2.94. The molecule has 0 aliphatic rings. The van der Waals surface area contributed by atoms with Gasteiger partial charge in [-0.05, 0) is 54.6 Å². The Morgan fingerprint density at radius 3 is 2.41 bits per heavy atom. The Bertz CT molecular complexity index is 1650. The van der Waals surface area contributed by atoms with Crippen molar-refractivity contribution < 1.29 is 13.2 Å². The van der Waals surface area contributed by atoms with E-state index < -0.39 is 17.3 Å². The van der Waals surface area contributed by atoms with E-state index in [1.807, 2.05) is 6.07 Å². The van der Waals surface area contributed by atoms with Crippen molar-refractivity contribution in [2.75, 3.05) is 5.32 Å². The third-order valence-corrected chi connectivity index (χ3v) is 5.43. The van der Waals surface area contributed by atoms with Gasteiger partial charge in [0.25, 0.3) is 5.56 Å². The number of nitrogens with one attached hydrogen (secondary N) is 1. The van der Waals surface area contributed by atoms with Gasteiger partial charge in [-0.1, -0.05) is 18.2 Å². The zero-order valence-corrected chi connectivity index (χ0v) is 17.5. The van der Waals surface area contributed by atoms with Crippen molar-refractivity contribution in [1.82, 2.24) is 9.55 Å². The van der Waals surface area contributed by atoms with Crippen molar-refractivity contribution in [2.45, 2.75) is 6.18 Å². The third-order valence-electron chi connectivity index (χ3n) is 5.43. The summed E-state index contributed by atoms with van der Waals surface area (Å²) in [6, 6.07) is 20.0. The molecule has 0 aliphatic heterocycles. The van der Waals surface area contributed by atoms with Gasteiger partial charge < -0.3 is 5.32 Å². The van der Waals surface area contributed by atoms with Gasteiger partial charge in [-0.3, -0.25) is 14.3 Å². The molecule has 0 amide bonds. The normalized spacial score (nSPS) is 11.5. The zero-order valence-electron chi connectivity index (χ0n) is 17.5. The first-order valence-electron chi connectivity index (χ1n) is 10.2. The summed E-state index contributed by atoms with van der Waals surface area (Å²) in [6.45, 7) is 7.07. The molecule has 0 aliphatic carbocycles. The highest BCUT2D eigenvalue weighted by molar-refractivity contribution is 6.05. The van der Waals surface area contributed by atoms with Crippen molar-refractivity contribution in [2.24, 2.45) is 0 Å². The fraction of sp³-hybridized carbons (Fsp3) is 0.0385. The van der Waals surface area contributed by atoms with Crippen LogP contribution in [0.2, 0.25) is 0 Å². The quantitative estimate of drug-likeness (QED) is 0.239. The second kappa shape index (κ2) is 8.05. The van der Waals surface area contributed by atoms with Crippen LogP contribution in [0.4, 0.5) is 30.2 Å². The van der Waals surface area contributed by atoms with E-state index in [-0.39, 0.29) is 5.69 Å². The van der Waals surface area contributed by atoms with Crippen LogP contribution in [-0.4, -0.2) is 9.55 Å². The highest BCUT2D eigenvalue weighted by atomic mass is 19.4. The lowest BCUT2D eigenvalue weighted by Crippen LogP contribution is -2.18. The summed E-state index contributed by atoms with van der Waals surface area (Å²) >= 11 is 0. The first-order valence-corrected chi connectivity index (χ1v) is 10.2. The second-order valence-corrected chi connectivity index (χ2v) is 7.63. The minimum atomic E-state index is -4.53. The molecule has 0 radical (unpaired) electrons. The van der Waals surface area contributed by atoms with E-state index in [4.69, 9.17) is 6.57 Å². The van der Waals surface area contributed by atoms with Crippen LogP contribution < -0.4 is 10.9 Å². The largest absolute Gasteiger partial charge is 0.416 e. The third kappa shape index (κ3) is 3.84. The molecule has 2 aromatic heterocycles. The predicted molar refractivity (Wildman–Crippen MR) is 126 cm³/mol. The standard InChI is InChI=1S/C26H15F3N4O/c1-30-18-6-8-19(9-7-18)32-20-10-11-23-22(14-20)25-16(15-31-23)5-12-24(34)33(25)21-4-2-3-17(13-21)26(27,28)29/h2-15,32H. The molecule has 166 valence electrons. The summed E-state index contributed by atoms with van der Waals surface area (Å²) < 4.78 is 41.3. The molecule has 5 rings (SSSR count). The molecule has 8 heteroatoms. The number of aromatic nitrogens is 2. The number of hydrogen-bond acceptors (Lipinski definition) is 3. The smallest absolute Gasteiger partial charge is 0.356 e. The minimum Gasteiger partial charge on any atom is -0.356 e. The van der Waals surface area contributed by atoms with Crippen LogP contribution in [0.3, 0.4) is 0 Å². The molecule has 0 saturated carbocycles. The van der Waals surface area contributed by atoms with Gasteiger partial charge in [-0.15, -0.1) is 0 Å². The predicted octanol–water partition coefficient (Wildman–Crippen LogP) is 6.85. The summed E-state index contributed by atoms with van der Waals surface area (Å²) in [5.41, 5.74) is 1.86. The lowest BCUT2D eigenvalue weighted by molar-refractivity contribution is -0.137. The van der Waals surface area contributed by atoms with Gasteiger partial charge in [0.15, 0.2) is 5.69 Å². The van der Waals surface area contributed by atoms with Crippen LogP contribution in [0.25, 0.3) is 32.3 Å². The second-order valence-electron chi connectivity index (χ2n) is 7.63. The van der Waals surface area contributed by atoms with E-state index in [2.05, 4.69) is 15.1 Å². The molecule has 3 aromatic carbocycles. The Balaban J connectivity index is 1.72. The van der Waals surface area contributed by atoms with E-state index >= 15 is 0 Å². The number of nitrogens with zero attached hydrogens (tertiary/aromatic N) is 3. The molecule has 1 N–H and O–H groups in total. The van der Waals surface area contributed by atoms with Gasteiger partial charge in [0.05, 0.1) is 23.2 Å². The number of benzene rings is 3. The number of rotatable bonds is 3. The molecule has 0 spiro atoms. The van der Waals surface area contributed by atoms with Crippen molar-refractivity contribution in [3.05, 3.63) is 112 Å². The summed E-state index contributed by atoms with van der Waals surface area (Å²) in [5, 5.41) is 4.47. The number of anilines is 2.